The van der Waals surface area contributed by atoms with E-state index in [1.54, 1.807) is 0 Å². The second kappa shape index (κ2) is 7.20. The smallest absolute Gasteiger partial charge is 0.227 e. The maximum atomic E-state index is 9.58. The van der Waals surface area contributed by atoms with Gasteiger partial charge in [0, 0.05) is 43.9 Å². The van der Waals surface area contributed by atoms with Crippen LogP contribution in [0, 0.1) is 13.8 Å². The fourth-order valence-corrected chi connectivity index (χ4v) is 3.47. The van der Waals surface area contributed by atoms with Gasteiger partial charge in [-0.15, -0.1) is 0 Å². The van der Waals surface area contributed by atoms with Crippen molar-refractivity contribution in [3.63, 3.8) is 0 Å². The molecule has 0 radical (unpaired) electrons. The van der Waals surface area contributed by atoms with Gasteiger partial charge in [0.1, 0.15) is 5.82 Å². The Morgan fingerprint density at radius 3 is 2.77 bits per heavy atom. The maximum absolute atomic E-state index is 9.58. The standard InChI is InChI=1S/C18H26N6O2/c1-12-7-13(2)24(22-12)5-4-19-17-8-16(14-3-6-26-11-14)20-18(21-17)23-9-15(25)10-23/h7-8,14-15,25H,3-6,9-11H2,1-2H3,(H,19,20,21). The molecule has 2 saturated heterocycles. The van der Waals surface area contributed by atoms with E-state index in [9.17, 15) is 5.11 Å². The number of hydrogen-bond donors (Lipinski definition) is 2. The number of aliphatic hydroxyl groups is 1. The fourth-order valence-electron chi connectivity index (χ4n) is 3.47. The number of anilines is 2. The number of nitrogens with zero attached hydrogens (tertiary/aromatic N) is 5. The number of nitrogens with one attached hydrogen (secondary N) is 1. The third kappa shape index (κ3) is 3.66. The van der Waals surface area contributed by atoms with Crippen LogP contribution in [0.4, 0.5) is 11.8 Å². The summed E-state index contributed by atoms with van der Waals surface area (Å²) in [6, 6.07) is 4.11. The SMILES string of the molecule is Cc1cc(C)n(CCNc2cc(C3CCOC3)nc(N3CC(O)C3)n2)n1. The number of ether oxygens (including phenoxy) is 1. The van der Waals surface area contributed by atoms with Crippen LogP contribution in [0.5, 0.6) is 0 Å². The van der Waals surface area contributed by atoms with Crippen LogP contribution in [0.2, 0.25) is 0 Å². The minimum absolute atomic E-state index is 0.278. The van der Waals surface area contributed by atoms with Crippen LogP contribution in [0.15, 0.2) is 12.1 Å². The molecule has 2 aromatic rings. The third-order valence-corrected chi connectivity index (χ3v) is 4.96. The predicted octanol–water partition coefficient (Wildman–Crippen LogP) is 1.09. The van der Waals surface area contributed by atoms with Crippen molar-refractivity contribution in [1.29, 1.82) is 0 Å². The molecule has 2 aliphatic rings. The average Bonchev–Trinajstić information content (AvgIpc) is 3.22. The Balaban J connectivity index is 1.47. The summed E-state index contributed by atoms with van der Waals surface area (Å²) < 4.78 is 7.52. The first kappa shape index (κ1) is 17.2. The van der Waals surface area contributed by atoms with Gasteiger partial charge in [0.2, 0.25) is 5.95 Å². The van der Waals surface area contributed by atoms with Gasteiger partial charge in [0.15, 0.2) is 0 Å². The first-order chi connectivity index (χ1) is 12.6. The maximum Gasteiger partial charge on any atom is 0.227 e. The van der Waals surface area contributed by atoms with Crippen molar-refractivity contribution in [2.75, 3.05) is 43.1 Å². The second-order valence-corrected chi connectivity index (χ2v) is 7.17. The number of aliphatic hydroxyl groups excluding tert-OH is 1. The summed E-state index contributed by atoms with van der Waals surface area (Å²) in [7, 11) is 0. The Bertz CT molecular complexity index is 765. The second-order valence-electron chi connectivity index (χ2n) is 7.17. The average molecular weight is 358 g/mol. The van der Waals surface area contributed by atoms with E-state index in [4.69, 9.17) is 9.72 Å². The van der Waals surface area contributed by atoms with Crippen LogP contribution in [-0.4, -0.2) is 63.8 Å². The molecule has 4 rings (SSSR count). The molecule has 2 aromatic heterocycles. The van der Waals surface area contributed by atoms with E-state index in [1.165, 1.54) is 0 Å². The molecule has 1 unspecified atom stereocenters. The van der Waals surface area contributed by atoms with E-state index in [0.717, 1.165) is 49.0 Å². The first-order valence-electron chi connectivity index (χ1n) is 9.23. The number of rotatable bonds is 6. The first-order valence-corrected chi connectivity index (χ1v) is 9.23. The van der Waals surface area contributed by atoms with Gasteiger partial charge in [0.05, 0.1) is 30.6 Å². The Morgan fingerprint density at radius 2 is 2.12 bits per heavy atom. The summed E-state index contributed by atoms with van der Waals surface area (Å²) in [5.41, 5.74) is 3.21. The number of hydrogen-bond acceptors (Lipinski definition) is 7. The molecule has 2 aliphatic heterocycles. The zero-order chi connectivity index (χ0) is 18.1. The highest BCUT2D eigenvalue weighted by Gasteiger charge is 2.28. The van der Waals surface area contributed by atoms with Crippen molar-refractivity contribution in [2.24, 2.45) is 0 Å². The molecule has 0 bridgehead atoms. The molecule has 0 aliphatic carbocycles. The van der Waals surface area contributed by atoms with Crippen molar-refractivity contribution in [1.82, 2.24) is 19.7 Å². The van der Waals surface area contributed by atoms with Crippen LogP contribution >= 0.6 is 0 Å². The molecule has 0 spiro atoms. The lowest BCUT2D eigenvalue weighted by Crippen LogP contribution is -2.51. The summed E-state index contributed by atoms with van der Waals surface area (Å²) in [5.74, 6) is 1.83. The van der Waals surface area contributed by atoms with Gasteiger partial charge in [-0.2, -0.15) is 10.1 Å². The Kier molecular flexibility index (Phi) is 4.78. The minimum Gasteiger partial charge on any atom is -0.389 e. The van der Waals surface area contributed by atoms with E-state index < -0.39 is 0 Å². The molecular weight excluding hydrogens is 332 g/mol. The molecule has 26 heavy (non-hydrogen) atoms. The summed E-state index contributed by atoms with van der Waals surface area (Å²) in [6.45, 7) is 8.27. The van der Waals surface area contributed by atoms with Crippen molar-refractivity contribution >= 4 is 11.8 Å². The van der Waals surface area contributed by atoms with Gasteiger partial charge in [-0.25, -0.2) is 4.98 Å². The highest BCUT2D eigenvalue weighted by atomic mass is 16.5. The van der Waals surface area contributed by atoms with Gasteiger partial charge in [-0.3, -0.25) is 4.68 Å². The number of aryl methyl sites for hydroxylation is 2. The molecule has 0 aromatic carbocycles. The summed E-state index contributed by atoms with van der Waals surface area (Å²) in [4.78, 5) is 11.4. The van der Waals surface area contributed by atoms with Crippen LogP contribution in [-0.2, 0) is 11.3 Å². The van der Waals surface area contributed by atoms with Crippen LogP contribution in [0.25, 0.3) is 0 Å². The highest BCUT2D eigenvalue weighted by molar-refractivity contribution is 5.46. The number of aromatic nitrogens is 4. The predicted molar refractivity (Wildman–Crippen MR) is 98.6 cm³/mol. The third-order valence-electron chi connectivity index (χ3n) is 4.96. The van der Waals surface area contributed by atoms with E-state index in [2.05, 4.69) is 28.4 Å². The van der Waals surface area contributed by atoms with Crippen molar-refractivity contribution in [3.05, 3.63) is 29.2 Å². The Labute approximate surface area is 153 Å². The van der Waals surface area contributed by atoms with Crippen LogP contribution in [0.3, 0.4) is 0 Å². The lowest BCUT2D eigenvalue weighted by atomic mass is 10.0. The van der Waals surface area contributed by atoms with Crippen LogP contribution < -0.4 is 10.2 Å². The molecule has 8 nitrogen and oxygen atoms in total. The Morgan fingerprint density at radius 1 is 1.27 bits per heavy atom. The summed E-state index contributed by atoms with van der Waals surface area (Å²) in [6.07, 6.45) is 0.712. The topological polar surface area (TPSA) is 88.3 Å². The monoisotopic (exact) mass is 358 g/mol. The molecule has 0 amide bonds. The van der Waals surface area contributed by atoms with Crippen molar-refractivity contribution in [2.45, 2.75) is 38.8 Å². The van der Waals surface area contributed by atoms with E-state index in [-0.39, 0.29) is 6.10 Å². The number of β-amino-alcohol motifs (C(OH)–C–C–N with tert-alkyl or cyclic N) is 1. The quantitative estimate of drug-likeness (QED) is 0.799. The lowest BCUT2D eigenvalue weighted by Gasteiger charge is -2.36. The zero-order valence-electron chi connectivity index (χ0n) is 15.4. The van der Waals surface area contributed by atoms with Crippen molar-refractivity contribution < 1.29 is 9.84 Å². The van der Waals surface area contributed by atoms with Crippen LogP contribution in [0.1, 0.15) is 29.4 Å². The normalized spacial score (nSPS) is 20.4. The van der Waals surface area contributed by atoms with E-state index in [1.807, 2.05) is 22.6 Å². The van der Waals surface area contributed by atoms with Crippen molar-refractivity contribution in [3.8, 4) is 0 Å². The molecular formula is C18H26N6O2. The van der Waals surface area contributed by atoms with Gasteiger partial charge < -0.3 is 20.1 Å². The molecule has 8 heteroatoms. The molecule has 2 N–H and O–H groups in total. The molecule has 4 heterocycles. The largest absolute Gasteiger partial charge is 0.389 e. The van der Waals surface area contributed by atoms with Gasteiger partial charge in [-0.1, -0.05) is 0 Å². The fraction of sp³-hybridized carbons (Fsp3) is 0.611. The lowest BCUT2D eigenvalue weighted by molar-refractivity contribution is 0.140. The molecule has 1 atom stereocenters. The minimum atomic E-state index is -0.278. The van der Waals surface area contributed by atoms with E-state index in [0.29, 0.717) is 31.6 Å². The highest BCUT2D eigenvalue weighted by Crippen LogP contribution is 2.28. The van der Waals surface area contributed by atoms with E-state index >= 15 is 0 Å². The summed E-state index contributed by atoms with van der Waals surface area (Å²) in [5, 5.41) is 17.5. The van der Waals surface area contributed by atoms with Gasteiger partial charge in [-0.05, 0) is 26.3 Å². The Hall–Kier alpha value is -2.19. The van der Waals surface area contributed by atoms with Gasteiger partial charge >= 0.3 is 0 Å². The van der Waals surface area contributed by atoms with Gasteiger partial charge in [0.25, 0.3) is 0 Å². The molecule has 140 valence electrons. The molecule has 0 saturated carbocycles. The zero-order valence-corrected chi connectivity index (χ0v) is 15.4. The summed E-state index contributed by atoms with van der Waals surface area (Å²) >= 11 is 0. The molecule has 2 fully saturated rings.